The molecule has 0 unspecified atom stereocenters. The molecule has 0 radical (unpaired) electrons. The molecule has 0 saturated heterocycles. The van der Waals surface area contributed by atoms with Crippen molar-refractivity contribution in [1.82, 2.24) is 14.5 Å². The predicted molar refractivity (Wildman–Crippen MR) is 100 cm³/mol. The second-order valence-corrected chi connectivity index (χ2v) is 5.72. The van der Waals surface area contributed by atoms with Crippen molar-refractivity contribution in [3.63, 3.8) is 0 Å². The lowest BCUT2D eigenvalue weighted by molar-refractivity contribution is 0.206. The first-order chi connectivity index (χ1) is 12.3. The lowest BCUT2D eigenvalue weighted by Gasteiger charge is -2.18. The van der Waals surface area contributed by atoms with Crippen molar-refractivity contribution in [2.24, 2.45) is 0 Å². The number of likely N-dealkylation sites (N-methyl/N-ethyl adjacent to an activating group) is 1. The van der Waals surface area contributed by atoms with E-state index < -0.39 is 0 Å². The molecule has 0 amide bonds. The Kier molecular flexibility index (Phi) is 5.64. The number of ether oxygens (including phenoxy) is 1. The van der Waals surface area contributed by atoms with Gasteiger partial charge in [0, 0.05) is 38.8 Å². The van der Waals surface area contributed by atoms with Crippen LogP contribution >= 0.6 is 0 Å². The number of aromatic nitrogens is 3. The Balaban J connectivity index is 1.62. The molecule has 3 rings (SSSR count). The third kappa shape index (κ3) is 4.36. The summed E-state index contributed by atoms with van der Waals surface area (Å²) in [6, 6.07) is 14.2. The molecule has 0 spiro atoms. The molecular formula is C19H23N5O. The fourth-order valence-corrected chi connectivity index (χ4v) is 2.53. The van der Waals surface area contributed by atoms with E-state index >= 15 is 0 Å². The molecule has 2 heterocycles. The average molecular weight is 337 g/mol. The van der Waals surface area contributed by atoms with Gasteiger partial charge in [-0.25, -0.2) is 9.97 Å². The highest BCUT2D eigenvalue weighted by Crippen LogP contribution is 2.15. The maximum Gasteiger partial charge on any atom is 0.132 e. The fourth-order valence-electron chi connectivity index (χ4n) is 2.53. The minimum absolute atomic E-state index is 0.605. The SMILES string of the molecule is COCCN(C)c1ccc(NCc2nccn2-c2ccccc2)nc1. The number of methoxy groups -OCH3 is 1. The highest BCUT2D eigenvalue weighted by molar-refractivity contribution is 5.49. The topological polar surface area (TPSA) is 55.2 Å². The first kappa shape index (κ1) is 17.0. The van der Waals surface area contributed by atoms with Crippen LogP contribution in [0.3, 0.4) is 0 Å². The Labute approximate surface area is 148 Å². The Morgan fingerprint density at radius 1 is 1.12 bits per heavy atom. The quantitative estimate of drug-likeness (QED) is 0.685. The minimum Gasteiger partial charge on any atom is -0.383 e. The zero-order chi connectivity index (χ0) is 17.5. The lowest BCUT2D eigenvalue weighted by Crippen LogP contribution is -2.22. The summed E-state index contributed by atoms with van der Waals surface area (Å²) in [6.07, 6.45) is 5.64. The van der Waals surface area contributed by atoms with Gasteiger partial charge in [0.05, 0.1) is 25.0 Å². The molecule has 0 aliphatic carbocycles. The van der Waals surface area contributed by atoms with Gasteiger partial charge in [0.15, 0.2) is 0 Å². The van der Waals surface area contributed by atoms with Crippen LogP contribution in [0.5, 0.6) is 0 Å². The van der Waals surface area contributed by atoms with E-state index in [9.17, 15) is 0 Å². The van der Waals surface area contributed by atoms with Gasteiger partial charge in [0.2, 0.25) is 0 Å². The maximum atomic E-state index is 5.10. The standard InChI is InChI=1S/C19H23N5O/c1-23(12-13-25-2)17-8-9-18(21-14-17)22-15-19-20-10-11-24(19)16-6-4-3-5-7-16/h3-11,14H,12-13,15H2,1-2H3,(H,21,22). The van der Waals surface area contributed by atoms with E-state index in [0.29, 0.717) is 13.2 Å². The van der Waals surface area contributed by atoms with Gasteiger partial charge in [-0.2, -0.15) is 0 Å². The number of imidazole rings is 1. The molecular weight excluding hydrogens is 314 g/mol. The molecule has 3 aromatic rings. The molecule has 130 valence electrons. The van der Waals surface area contributed by atoms with E-state index in [-0.39, 0.29) is 0 Å². The molecule has 0 aliphatic heterocycles. The lowest BCUT2D eigenvalue weighted by atomic mass is 10.3. The van der Waals surface area contributed by atoms with Crippen molar-refractivity contribution in [2.75, 3.05) is 37.5 Å². The Hall–Kier alpha value is -2.86. The average Bonchev–Trinajstić information content (AvgIpc) is 3.14. The predicted octanol–water partition coefficient (Wildman–Crippen LogP) is 2.96. The van der Waals surface area contributed by atoms with Crippen LogP contribution in [0.25, 0.3) is 5.69 Å². The second kappa shape index (κ2) is 8.30. The Bertz CT molecular complexity index is 770. The number of hydrogen-bond donors (Lipinski definition) is 1. The van der Waals surface area contributed by atoms with E-state index in [1.807, 2.05) is 49.9 Å². The van der Waals surface area contributed by atoms with Crippen LogP contribution in [0.1, 0.15) is 5.82 Å². The zero-order valence-electron chi connectivity index (χ0n) is 14.6. The van der Waals surface area contributed by atoms with Crippen molar-refractivity contribution in [1.29, 1.82) is 0 Å². The van der Waals surface area contributed by atoms with Crippen molar-refractivity contribution >= 4 is 11.5 Å². The van der Waals surface area contributed by atoms with Crippen molar-refractivity contribution in [2.45, 2.75) is 6.54 Å². The molecule has 0 bridgehead atoms. The molecule has 6 heteroatoms. The highest BCUT2D eigenvalue weighted by atomic mass is 16.5. The van der Waals surface area contributed by atoms with Crippen LogP contribution < -0.4 is 10.2 Å². The van der Waals surface area contributed by atoms with E-state index in [1.165, 1.54) is 0 Å². The van der Waals surface area contributed by atoms with Crippen molar-refractivity contribution in [3.05, 3.63) is 66.9 Å². The van der Waals surface area contributed by atoms with E-state index in [4.69, 9.17) is 4.74 Å². The van der Waals surface area contributed by atoms with E-state index in [1.54, 1.807) is 7.11 Å². The van der Waals surface area contributed by atoms with Gasteiger partial charge >= 0.3 is 0 Å². The molecule has 6 nitrogen and oxygen atoms in total. The number of nitrogens with zero attached hydrogens (tertiary/aromatic N) is 4. The van der Waals surface area contributed by atoms with Crippen molar-refractivity contribution < 1.29 is 4.74 Å². The summed E-state index contributed by atoms with van der Waals surface area (Å²) in [7, 11) is 3.73. The first-order valence-electron chi connectivity index (χ1n) is 8.25. The number of pyridine rings is 1. The normalized spacial score (nSPS) is 10.6. The number of rotatable bonds is 8. The van der Waals surface area contributed by atoms with Gasteiger partial charge in [-0.3, -0.25) is 0 Å². The van der Waals surface area contributed by atoms with Gasteiger partial charge in [-0.1, -0.05) is 18.2 Å². The number of benzene rings is 1. The summed E-state index contributed by atoms with van der Waals surface area (Å²) in [5.41, 5.74) is 2.16. The molecule has 2 aromatic heterocycles. The van der Waals surface area contributed by atoms with Crippen molar-refractivity contribution in [3.8, 4) is 5.69 Å². The summed E-state index contributed by atoms with van der Waals surface area (Å²) in [5.74, 6) is 1.76. The minimum atomic E-state index is 0.605. The molecule has 0 fully saturated rings. The van der Waals surface area contributed by atoms with Gasteiger partial charge in [0.25, 0.3) is 0 Å². The van der Waals surface area contributed by atoms with Crippen LogP contribution in [-0.2, 0) is 11.3 Å². The maximum absolute atomic E-state index is 5.10. The monoisotopic (exact) mass is 337 g/mol. The summed E-state index contributed by atoms with van der Waals surface area (Å²) >= 11 is 0. The van der Waals surface area contributed by atoms with Crippen LogP contribution in [0, 0.1) is 0 Å². The second-order valence-electron chi connectivity index (χ2n) is 5.72. The molecule has 1 aromatic carbocycles. The third-order valence-electron chi connectivity index (χ3n) is 4.00. The first-order valence-corrected chi connectivity index (χ1v) is 8.25. The van der Waals surface area contributed by atoms with Gasteiger partial charge in [0.1, 0.15) is 11.6 Å². The number of anilines is 2. The van der Waals surface area contributed by atoms with Gasteiger partial charge in [-0.05, 0) is 24.3 Å². The van der Waals surface area contributed by atoms with Crippen LogP contribution in [0.2, 0.25) is 0 Å². The van der Waals surface area contributed by atoms with E-state index in [0.717, 1.165) is 29.6 Å². The number of nitrogens with one attached hydrogen (secondary N) is 1. The fraction of sp³-hybridized carbons (Fsp3) is 0.263. The highest BCUT2D eigenvalue weighted by Gasteiger charge is 2.06. The largest absolute Gasteiger partial charge is 0.383 e. The molecule has 0 aliphatic rings. The molecule has 1 N–H and O–H groups in total. The van der Waals surface area contributed by atoms with Crippen LogP contribution in [0.15, 0.2) is 61.1 Å². The number of para-hydroxylation sites is 1. The summed E-state index contributed by atoms with van der Waals surface area (Å²) in [4.78, 5) is 11.0. The summed E-state index contributed by atoms with van der Waals surface area (Å²) < 4.78 is 7.17. The Morgan fingerprint density at radius 2 is 1.96 bits per heavy atom. The van der Waals surface area contributed by atoms with E-state index in [2.05, 4.69) is 43.0 Å². The number of hydrogen-bond acceptors (Lipinski definition) is 5. The van der Waals surface area contributed by atoms with Gasteiger partial charge < -0.3 is 19.5 Å². The molecule has 0 saturated carbocycles. The summed E-state index contributed by atoms with van der Waals surface area (Å²) in [5, 5.41) is 3.33. The zero-order valence-corrected chi connectivity index (χ0v) is 14.6. The third-order valence-corrected chi connectivity index (χ3v) is 4.00. The molecule has 25 heavy (non-hydrogen) atoms. The van der Waals surface area contributed by atoms with Crippen LogP contribution in [-0.4, -0.2) is 41.8 Å². The molecule has 0 atom stereocenters. The Morgan fingerprint density at radius 3 is 2.68 bits per heavy atom. The van der Waals surface area contributed by atoms with Gasteiger partial charge in [-0.15, -0.1) is 0 Å². The summed E-state index contributed by atoms with van der Waals surface area (Å²) in [6.45, 7) is 2.13. The smallest absolute Gasteiger partial charge is 0.132 e. The van der Waals surface area contributed by atoms with Crippen LogP contribution in [0.4, 0.5) is 11.5 Å².